The number of nitrogens with zero attached hydrogens (tertiary/aromatic N) is 2. The third-order valence-electron chi connectivity index (χ3n) is 4.24. The van der Waals surface area contributed by atoms with Crippen LogP contribution in [0.25, 0.3) is 0 Å². The van der Waals surface area contributed by atoms with Crippen molar-refractivity contribution < 1.29 is 21.6 Å². The van der Waals surface area contributed by atoms with Gasteiger partial charge in [-0.25, -0.2) is 8.42 Å². The van der Waals surface area contributed by atoms with E-state index in [2.05, 4.69) is 4.90 Å². The molecule has 0 saturated carbocycles. The largest absolute Gasteiger partial charge is 0.501 e. The first-order chi connectivity index (χ1) is 10.6. The van der Waals surface area contributed by atoms with Gasteiger partial charge in [0.1, 0.15) is 0 Å². The molecule has 1 aromatic carbocycles. The number of benzene rings is 1. The third kappa shape index (κ3) is 3.98. The SMILES string of the molecule is CN1CCC(CN(C)c2ccccc2S(=O)(=O)C(F)(F)F)CC1. The molecule has 1 fully saturated rings. The topological polar surface area (TPSA) is 40.6 Å². The summed E-state index contributed by atoms with van der Waals surface area (Å²) < 4.78 is 62.1. The van der Waals surface area contributed by atoms with Gasteiger partial charge < -0.3 is 9.80 Å². The second-order valence-corrected chi connectivity index (χ2v) is 7.95. The fraction of sp³-hybridized carbons (Fsp3) is 0.600. The van der Waals surface area contributed by atoms with Gasteiger partial charge >= 0.3 is 5.51 Å². The number of rotatable bonds is 4. The molecule has 0 unspecified atom stereocenters. The first kappa shape index (κ1) is 18.1. The number of anilines is 1. The van der Waals surface area contributed by atoms with Crippen LogP contribution in [0.1, 0.15) is 12.8 Å². The maximum atomic E-state index is 12.9. The molecule has 2 rings (SSSR count). The van der Waals surface area contributed by atoms with Crippen molar-refractivity contribution in [1.82, 2.24) is 4.90 Å². The van der Waals surface area contributed by atoms with Crippen LogP contribution in [0, 0.1) is 5.92 Å². The van der Waals surface area contributed by atoms with E-state index in [1.54, 1.807) is 18.0 Å². The maximum Gasteiger partial charge on any atom is 0.501 e. The smallest absolute Gasteiger partial charge is 0.373 e. The van der Waals surface area contributed by atoms with E-state index in [9.17, 15) is 21.6 Å². The fourth-order valence-corrected chi connectivity index (χ4v) is 3.86. The van der Waals surface area contributed by atoms with Gasteiger partial charge in [0, 0.05) is 13.6 Å². The number of halogens is 3. The van der Waals surface area contributed by atoms with Crippen molar-refractivity contribution in [2.75, 3.05) is 38.6 Å². The minimum Gasteiger partial charge on any atom is -0.373 e. The number of hydrogen-bond acceptors (Lipinski definition) is 4. The number of hydrogen-bond donors (Lipinski definition) is 0. The Hall–Kier alpha value is -1.28. The lowest BCUT2D eigenvalue weighted by molar-refractivity contribution is -0.0435. The van der Waals surface area contributed by atoms with Crippen molar-refractivity contribution >= 4 is 15.5 Å². The highest BCUT2D eigenvalue weighted by atomic mass is 32.2. The van der Waals surface area contributed by atoms with Crippen LogP contribution in [0.3, 0.4) is 0 Å². The maximum absolute atomic E-state index is 12.9. The molecule has 0 N–H and O–H groups in total. The molecule has 1 aliphatic heterocycles. The van der Waals surface area contributed by atoms with Crippen molar-refractivity contribution in [3.63, 3.8) is 0 Å². The van der Waals surface area contributed by atoms with E-state index >= 15 is 0 Å². The second-order valence-electron chi connectivity index (χ2n) is 6.04. The summed E-state index contributed by atoms with van der Waals surface area (Å²) in [5.74, 6) is 0.345. The van der Waals surface area contributed by atoms with Gasteiger partial charge in [0.25, 0.3) is 9.84 Å². The van der Waals surface area contributed by atoms with Gasteiger partial charge in [-0.1, -0.05) is 12.1 Å². The molecule has 1 saturated heterocycles. The average Bonchev–Trinajstić information content (AvgIpc) is 2.48. The van der Waals surface area contributed by atoms with E-state index in [1.807, 2.05) is 7.05 Å². The first-order valence-electron chi connectivity index (χ1n) is 7.43. The Bertz CT molecular complexity index is 638. The standard InChI is InChI=1S/C15H21F3N2O2S/c1-19-9-7-12(8-10-19)11-20(2)13-5-3-4-6-14(13)23(21,22)15(16,17)18/h3-6,12H,7-11H2,1-2H3. The van der Waals surface area contributed by atoms with Gasteiger partial charge in [-0.2, -0.15) is 13.2 Å². The highest BCUT2D eigenvalue weighted by Gasteiger charge is 2.48. The highest BCUT2D eigenvalue weighted by molar-refractivity contribution is 7.92. The van der Waals surface area contributed by atoms with Crippen molar-refractivity contribution in [1.29, 1.82) is 0 Å². The minimum atomic E-state index is -5.35. The number of alkyl halides is 3. The van der Waals surface area contributed by atoms with Crippen molar-refractivity contribution in [3.05, 3.63) is 24.3 Å². The summed E-state index contributed by atoms with van der Waals surface area (Å²) in [6.45, 7) is 2.43. The molecule has 0 aromatic heterocycles. The Labute approximate surface area is 134 Å². The van der Waals surface area contributed by atoms with Gasteiger partial charge in [-0.15, -0.1) is 0 Å². The normalized spacial score (nSPS) is 18.1. The molecule has 23 heavy (non-hydrogen) atoms. The first-order valence-corrected chi connectivity index (χ1v) is 8.91. The predicted molar refractivity (Wildman–Crippen MR) is 83.2 cm³/mol. The Morgan fingerprint density at radius 2 is 1.78 bits per heavy atom. The van der Waals surface area contributed by atoms with Crippen LogP contribution in [0.5, 0.6) is 0 Å². The zero-order chi connectivity index (χ0) is 17.3. The lowest BCUT2D eigenvalue weighted by Crippen LogP contribution is -2.36. The molecule has 0 spiro atoms. The summed E-state index contributed by atoms with van der Waals surface area (Å²) >= 11 is 0. The van der Waals surface area contributed by atoms with Crippen molar-refractivity contribution in [2.24, 2.45) is 5.92 Å². The predicted octanol–water partition coefficient (Wildman–Crippen LogP) is 2.76. The van der Waals surface area contributed by atoms with Crippen molar-refractivity contribution in [2.45, 2.75) is 23.2 Å². The number of sulfone groups is 1. The molecule has 130 valence electrons. The van der Waals surface area contributed by atoms with Gasteiger partial charge in [-0.3, -0.25) is 0 Å². The molecule has 8 heteroatoms. The van der Waals surface area contributed by atoms with Crippen LogP contribution < -0.4 is 4.90 Å². The average molecular weight is 350 g/mol. The van der Waals surface area contributed by atoms with E-state index in [1.165, 1.54) is 12.1 Å². The van der Waals surface area contributed by atoms with E-state index in [0.29, 0.717) is 12.5 Å². The zero-order valence-corrected chi connectivity index (χ0v) is 14.0. The monoisotopic (exact) mass is 350 g/mol. The Morgan fingerprint density at radius 1 is 1.22 bits per heavy atom. The molecule has 1 aromatic rings. The van der Waals surface area contributed by atoms with E-state index in [4.69, 9.17) is 0 Å². The molecular formula is C15H21F3N2O2S. The third-order valence-corrected chi connectivity index (χ3v) is 5.77. The van der Waals surface area contributed by atoms with E-state index < -0.39 is 20.2 Å². The van der Waals surface area contributed by atoms with Gasteiger partial charge in [0.2, 0.25) is 0 Å². The van der Waals surface area contributed by atoms with Crippen LogP contribution in [0.2, 0.25) is 0 Å². The molecular weight excluding hydrogens is 329 g/mol. The summed E-state index contributed by atoms with van der Waals surface area (Å²) in [6, 6.07) is 5.30. The molecule has 0 atom stereocenters. The van der Waals surface area contributed by atoms with E-state index in [-0.39, 0.29) is 5.69 Å². The number of para-hydroxylation sites is 1. The highest BCUT2D eigenvalue weighted by Crippen LogP contribution is 2.35. The molecule has 1 heterocycles. The molecule has 4 nitrogen and oxygen atoms in total. The second kappa shape index (κ2) is 6.68. The lowest BCUT2D eigenvalue weighted by atomic mass is 9.96. The summed E-state index contributed by atoms with van der Waals surface area (Å²) in [4.78, 5) is 3.15. The summed E-state index contributed by atoms with van der Waals surface area (Å²) in [7, 11) is -1.68. The van der Waals surface area contributed by atoms with Gasteiger partial charge in [0.15, 0.2) is 0 Å². The molecule has 0 bridgehead atoms. The Morgan fingerprint density at radius 3 is 2.35 bits per heavy atom. The molecule has 0 aliphatic carbocycles. The fourth-order valence-electron chi connectivity index (χ4n) is 2.85. The van der Waals surface area contributed by atoms with Crippen LogP contribution in [-0.2, 0) is 9.84 Å². The Balaban J connectivity index is 2.23. The minimum absolute atomic E-state index is 0.101. The number of likely N-dealkylation sites (tertiary alicyclic amines) is 1. The molecule has 1 aliphatic rings. The Kier molecular flexibility index (Phi) is 5.25. The quantitative estimate of drug-likeness (QED) is 0.837. The molecule has 0 radical (unpaired) electrons. The van der Waals surface area contributed by atoms with Gasteiger partial charge in [0.05, 0.1) is 10.6 Å². The summed E-state index contributed by atoms with van der Waals surface area (Å²) in [5, 5.41) is 0. The van der Waals surface area contributed by atoms with E-state index in [0.717, 1.165) is 32.0 Å². The van der Waals surface area contributed by atoms with Crippen LogP contribution >= 0.6 is 0 Å². The summed E-state index contributed by atoms with van der Waals surface area (Å²) in [5.41, 5.74) is -5.19. The van der Waals surface area contributed by atoms with Gasteiger partial charge in [-0.05, 0) is 51.0 Å². The van der Waals surface area contributed by atoms with Crippen LogP contribution in [-0.4, -0.2) is 52.6 Å². The van der Waals surface area contributed by atoms with Crippen molar-refractivity contribution in [3.8, 4) is 0 Å². The van der Waals surface area contributed by atoms with Crippen LogP contribution in [0.15, 0.2) is 29.2 Å². The summed E-state index contributed by atoms with van der Waals surface area (Å²) in [6.07, 6.45) is 1.91. The van der Waals surface area contributed by atoms with Crippen LogP contribution in [0.4, 0.5) is 18.9 Å². The lowest BCUT2D eigenvalue weighted by Gasteiger charge is -2.33. The molecule has 0 amide bonds. The number of piperidine rings is 1. The zero-order valence-electron chi connectivity index (χ0n) is 13.2.